The Bertz CT molecular complexity index is 347. The average molecular weight is 206 g/mol. The summed E-state index contributed by atoms with van der Waals surface area (Å²) in [6.45, 7) is 2.08. The summed E-state index contributed by atoms with van der Waals surface area (Å²) in [6, 6.07) is 9.36. The standard InChI is InChI=1S/C11H14N2O2/c1-2-15-11(14)8-10(12)13-9-6-4-3-5-7-9/h3-8,13H,2,12H2,1H3/b10-8-. The number of para-hydroxylation sites is 1. The fraction of sp³-hybridized carbons (Fsp3) is 0.182. The molecule has 4 heteroatoms. The molecule has 0 amide bonds. The van der Waals surface area contributed by atoms with Crippen LogP contribution in [0.25, 0.3) is 0 Å². The number of hydrogen-bond donors (Lipinski definition) is 2. The van der Waals surface area contributed by atoms with Gasteiger partial charge in [0.1, 0.15) is 5.82 Å². The highest BCUT2D eigenvalue weighted by Gasteiger charge is 1.98. The van der Waals surface area contributed by atoms with Gasteiger partial charge in [0.2, 0.25) is 0 Å². The van der Waals surface area contributed by atoms with Crippen molar-refractivity contribution in [2.45, 2.75) is 6.92 Å². The average Bonchev–Trinajstić information content (AvgIpc) is 2.19. The molecular formula is C11H14N2O2. The van der Waals surface area contributed by atoms with Gasteiger partial charge in [-0.1, -0.05) is 18.2 Å². The van der Waals surface area contributed by atoms with E-state index in [4.69, 9.17) is 10.5 Å². The first kappa shape index (κ1) is 11.1. The summed E-state index contributed by atoms with van der Waals surface area (Å²) in [7, 11) is 0. The summed E-state index contributed by atoms with van der Waals surface area (Å²) in [6.07, 6.45) is 1.22. The van der Waals surface area contributed by atoms with Crippen molar-refractivity contribution in [2.75, 3.05) is 11.9 Å². The molecule has 1 aromatic rings. The molecule has 0 heterocycles. The van der Waals surface area contributed by atoms with Gasteiger partial charge in [-0.3, -0.25) is 0 Å². The summed E-state index contributed by atoms with van der Waals surface area (Å²) in [5, 5.41) is 2.87. The van der Waals surface area contributed by atoms with Crippen molar-refractivity contribution in [3.63, 3.8) is 0 Å². The lowest BCUT2D eigenvalue weighted by molar-refractivity contribution is -0.137. The monoisotopic (exact) mass is 206 g/mol. The van der Waals surface area contributed by atoms with E-state index in [1.807, 2.05) is 30.3 Å². The normalized spacial score (nSPS) is 10.9. The lowest BCUT2D eigenvalue weighted by Crippen LogP contribution is -2.12. The molecule has 0 aliphatic rings. The van der Waals surface area contributed by atoms with Gasteiger partial charge in [-0.25, -0.2) is 4.79 Å². The Labute approximate surface area is 88.7 Å². The molecule has 1 rings (SSSR count). The van der Waals surface area contributed by atoms with Crippen LogP contribution >= 0.6 is 0 Å². The lowest BCUT2D eigenvalue weighted by atomic mass is 10.3. The molecule has 0 spiro atoms. The number of carbonyl (C=O) groups is 1. The van der Waals surface area contributed by atoms with Gasteiger partial charge >= 0.3 is 5.97 Å². The number of hydrogen-bond acceptors (Lipinski definition) is 4. The van der Waals surface area contributed by atoms with Crippen LogP contribution in [0.2, 0.25) is 0 Å². The van der Waals surface area contributed by atoms with Crippen molar-refractivity contribution in [1.29, 1.82) is 0 Å². The molecule has 0 unspecified atom stereocenters. The lowest BCUT2D eigenvalue weighted by Gasteiger charge is -2.05. The minimum atomic E-state index is -0.446. The number of carbonyl (C=O) groups excluding carboxylic acids is 1. The summed E-state index contributed by atoms with van der Waals surface area (Å²) in [5.74, 6) is -0.182. The molecule has 80 valence electrons. The second-order valence-corrected chi connectivity index (χ2v) is 2.84. The predicted molar refractivity (Wildman–Crippen MR) is 59.0 cm³/mol. The topological polar surface area (TPSA) is 64.3 Å². The highest BCUT2D eigenvalue weighted by Crippen LogP contribution is 2.06. The number of nitrogens with two attached hydrogens (primary N) is 1. The fourth-order valence-corrected chi connectivity index (χ4v) is 1.04. The number of ether oxygens (including phenoxy) is 1. The zero-order valence-corrected chi connectivity index (χ0v) is 8.57. The summed E-state index contributed by atoms with van der Waals surface area (Å²) in [5.41, 5.74) is 6.42. The van der Waals surface area contributed by atoms with Gasteiger partial charge in [0, 0.05) is 5.69 Å². The van der Waals surface area contributed by atoms with Gasteiger partial charge in [0.25, 0.3) is 0 Å². The van der Waals surface area contributed by atoms with Crippen molar-refractivity contribution < 1.29 is 9.53 Å². The Kier molecular flexibility index (Phi) is 4.22. The molecule has 0 saturated carbocycles. The number of benzene rings is 1. The number of esters is 1. The predicted octanol–water partition coefficient (Wildman–Crippen LogP) is 1.46. The first-order chi connectivity index (χ1) is 7.22. The third kappa shape index (κ3) is 4.17. The minimum Gasteiger partial charge on any atom is -0.463 e. The fourth-order valence-electron chi connectivity index (χ4n) is 1.04. The zero-order chi connectivity index (χ0) is 11.1. The molecule has 0 aromatic heterocycles. The van der Waals surface area contributed by atoms with E-state index in [0.717, 1.165) is 5.69 Å². The largest absolute Gasteiger partial charge is 0.463 e. The van der Waals surface area contributed by atoms with Gasteiger partial charge < -0.3 is 15.8 Å². The molecule has 0 aliphatic carbocycles. The van der Waals surface area contributed by atoms with E-state index in [9.17, 15) is 4.79 Å². The Balaban J connectivity index is 2.55. The van der Waals surface area contributed by atoms with Gasteiger partial charge in [0.05, 0.1) is 12.7 Å². The summed E-state index contributed by atoms with van der Waals surface area (Å²) in [4.78, 5) is 11.0. The van der Waals surface area contributed by atoms with Crippen LogP contribution in [0.1, 0.15) is 6.92 Å². The van der Waals surface area contributed by atoms with Crippen LogP contribution in [0.3, 0.4) is 0 Å². The molecule has 0 radical (unpaired) electrons. The third-order valence-corrected chi connectivity index (χ3v) is 1.62. The summed E-state index contributed by atoms with van der Waals surface area (Å²) < 4.78 is 4.71. The third-order valence-electron chi connectivity index (χ3n) is 1.62. The minimum absolute atomic E-state index is 0.264. The van der Waals surface area contributed by atoms with E-state index >= 15 is 0 Å². The van der Waals surface area contributed by atoms with Crippen molar-refractivity contribution in [2.24, 2.45) is 5.73 Å². The molecule has 0 bridgehead atoms. The second-order valence-electron chi connectivity index (χ2n) is 2.84. The van der Waals surface area contributed by atoms with Gasteiger partial charge in [-0.2, -0.15) is 0 Å². The molecule has 1 aromatic carbocycles. The van der Waals surface area contributed by atoms with Crippen molar-refractivity contribution in [3.05, 3.63) is 42.2 Å². The Hall–Kier alpha value is -1.97. The van der Waals surface area contributed by atoms with E-state index < -0.39 is 5.97 Å². The first-order valence-electron chi connectivity index (χ1n) is 4.68. The van der Waals surface area contributed by atoms with Crippen LogP contribution in [0.5, 0.6) is 0 Å². The molecule has 0 fully saturated rings. The van der Waals surface area contributed by atoms with Crippen LogP contribution in [0, 0.1) is 0 Å². The van der Waals surface area contributed by atoms with E-state index in [-0.39, 0.29) is 5.82 Å². The number of anilines is 1. The van der Waals surface area contributed by atoms with Crippen LogP contribution in [-0.2, 0) is 9.53 Å². The highest BCUT2D eigenvalue weighted by atomic mass is 16.5. The van der Waals surface area contributed by atoms with E-state index in [1.165, 1.54) is 6.08 Å². The van der Waals surface area contributed by atoms with E-state index in [1.54, 1.807) is 6.92 Å². The molecular weight excluding hydrogens is 192 g/mol. The summed E-state index contributed by atoms with van der Waals surface area (Å²) >= 11 is 0. The van der Waals surface area contributed by atoms with Crippen LogP contribution in [0.15, 0.2) is 42.2 Å². The van der Waals surface area contributed by atoms with Crippen molar-refractivity contribution in [3.8, 4) is 0 Å². The number of rotatable bonds is 4. The molecule has 3 N–H and O–H groups in total. The molecule has 0 atom stereocenters. The van der Waals surface area contributed by atoms with E-state index in [0.29, 0.717) is 6.61 Å². The SMILES string of the molecule is CCOC(=O)/C=C(/N)Nc1ccccc1. The van der Waals surface area contributed by atoms with Crippen LogP contribution < -0.4 is 11.1 Å². The maximum absolute atomic E-state index is 11.0. The van der Waals surface area contributed by atoms with Crippen LogP contribution in [-0.4, -0.2) is 12.6 Å². The van der Waals surface area contributed by atoms with E-state index in [2.05, 4.69) is 5.32 Å². The first-order valence-corrected chi connectivity index (χ1v) is 4.68. The molecule has 4 nitrogen and oxygen atoms in total. The van der Waals surface area contributed by atoms with Gasteiger partial charge in [-0.05, 0) is 19.1 Å². The molecule has 15 heavy (non-hydrogen) atoms. The zero-order valence-electron chi connectivity index (χ0n) is 8.57. The van der Waals surface area contributed by atoms with Gasteiger partial charge in [-0.15, -0.1) is 0 Å². The molecule has 0 aliphatic heterocycles. The molecule has 0 saturated heterocycles. The van der Waals surface area contributed by atoms with Crippen molar-refractivity contribution >= 4 is 11.7 Å². The quantitative estimate of drug-likeness (QED) is 0.578. The van der Waals surface area contributed by atoms with Crippen LogP contribution in [0.4, 0.5) is 5.69 Å². The van der Waals surface area contributed by atoms with Gasteiger partial charge in [0.15, 0.2) is 0 Å². The van der Waals surface area contributed by atoms with Crippen molar-refractivity contribution in [1.82, 2.24) is 0 Å². The smallest absolute Gasteiger partial charge is 0.334 e. The Morgan fingerprint density at radius 2 is 2.13 bits per heavy atom. The maximum atomic E-state index is 11.0. The highest BCUT2D eigenvalue weighted by molar-refractivity contribution is 5.83. The Morgan fingerprint density at radius 1 is 1.47 bits per heavy atom. The maximum Gasteiger partial charge on any atom is 0.334 e. The Morgan fingerprint density at radius 3 is 2.73 bits per heavy atom. The second kappa shape index (κ2) is 5.70. The number of nitrogens with one attached hydrogen (secondary N) is 1.